The molecule has 0 aliphatic carbocycles. The van der Waals surface area contributed by atoms with Gasteiger partial charge in [0.2, 0.25) is 0 Å². The van der Waals surface area contributed by atoms with Crippen LogP contribution in [0.15, 0.2) is 108 Å². The van der Waals surface area contributed by atoms with E-state index < -0.39 is 0 Å². The van der Waals surface area contributed by atoms with Crippen molar-refractivity contribution in [3.63, 3.8) is 0 Å². The van der Waals surface area contributed by atoms with E-state index in [1.807, 2.05) is 78.9 Å². The van der Waals surface area contributed by atoms with Crippen molar-refractivity contribution in [3.8, 4) is 17.2 Å². The zero-order valence-electron chi connectivity index (χ0n) is 19.5. The zero-order chi connectivity index (χ0) is 25.0. The molecule has 4 rings (SSSR count). The van der Waals surface area contributed by atoms with Crippen molar-refractivity contribution in [2.45, 2.75) is 13.2 Å². The molecular weight excluding hydrogens is 476 g/mol. The first-order chi connectivity index (χ1) is 17.6. The molecule has 182 valence electrons. The summed E-state index contributed by atoms with van der Waals surface area (Å²) in [5.41, 5.74) is 5.35. The number of hydrazone groups is 1. The van der Waals surface area contributed by atoms with Crippen molar-refractivity contribution in [3.05, 3.63) is 125 Å². The summed E-state index contributed by atoms with van der Waals surface area (Å²) in [6.07, 6.45) is 1.55. The largest absolute Gasteiger partial charge is 0.489 e. The summed E-state index contributed by atoms with van der Waals surface area (Å²) in [5, 5.41) is 4.68. The Morgan fingerprint density at radius 3 is 2.08 bits per heavy atom. The Morgan fingerprint density at radius 2 is 1.36 bits per heavy atom. The first-order valence-electron chi connectivity index (χ1n) is 11.3. The standard InChI is InChI=1S/C29H25ClN2O4/c30-25-11-9-23(10-12-25)20-35-28-8-4-7-24(17-28)18-31-32-29(33)21-36-27-15-13-26(14-16-27)34-19-22-5-2-1-3-6-22/h1-18H,19-21H2,(H,32,33)/b31-18+. The minimum Gasteiger partial charge on any atom is -0.489 e. The summed E-state index contributed by atoms with van der Waals surface area (Å²) < 4.78 is 17.1. The van der Waals surface area contributed by atoms with Crippen molar-refractivity contribution < 1.29 is 19.0 Å². The van der Waals surface area contributed by atoms with Gasteiger partial charge in [0.15, 0.2) is 6.61 Å². The second-order valence-corrected chi connectivity index (χ2v) is 8.25. The van der Waals surface area contributed by atoms with E-state index in [1.165, 1.54) is 0 Å². The smallest absolute Gasteiger partial charge is 0.277 e. The molecule has 0 bridgehead atoms. The van der Waals surface area contributed by atoms with Crippen LogP contribution < -0.4 is 19.6 Å². The van der Waals surface area contributed by atoms with Crippen LogP contribution >= 0.6 is 11.6 Å². The number of nitrogens with zero attached hydrogens (tertiary/aromatic N) is 1. The first-order valence-corrected chi connectivity index (χ1v) is 11.7. The Balaban J connectivity index is 1.18. The highest BCUT2D eigenvalue weighted by molar-refractivity contribution is 6.30. The van der Waals surface area contributed by atoms with Crippen LogP contribution in [0.1, 0.15) is 16.7 Å². The molecule has 1 amide bonds. The molecular formula is C29H25ClN2O4. The quantitative estimate of drug-likeness (QED) is 0.202. The lowest BCUT2D eigenvalue weighted by Gasteiger charge is -2.08. The van der Waals surface area contributed by atoms with Gasteiger partial charge in [0.25, 0.3) is 5.91 Å². The molecule has 1 N–H and O–H groups in total. The summed E-state index contributed by atoms with van der Waals surface area (Å²) in [6, 6.07) is 31.9. The number of ether oxygens (including phenoxy) is 3. The Kier molecular flexibility index (Phi) is 8.95. The van der Waals surface area contributed by atoms with E-state index in [0.29, 0.717) is 29.7 Å². The van der Waals surface area contributed by atoms with Crippen LogP contribution in [0.3, 0.4) is 0 Å². The third-order valence-corrected chi connectivity index (χ3v) is 5.27. The molecule has 0 aromatic heterocycles. The van der Waals surface area contributed by atoms with Gasteiger partial charge in [0.05, 0.1) is 6.21 Å². The average molecular weight is 501 g/mol. The van der Waals surface area contributed by atoms with E-state index >= 15 is 0 Å². The number of rotatable bonds is 11. The van der Waals surface area contributed by atoms with Crippen LogP contribution in [0.5, 0.6) is 17.2 Å². The third-order valence-electron chi connectivity index (χ3n) is 5.02. The lowest BCUT2D eigenvalue weighted by atomic mass is 10.2. The van der Waals surface area contributed by atoms with Gasteiger partial charge in [-0.05, 0) is 65.2 Å². The highest BCUT2D eigenvalue weighted by Crippen LogP contribution is 2.19. The Bertz CT molecular complexity index is 1280. The molecule has 36 heavy (non-hydrogen) atoms. The topological polar surface area (TPSA) is 69.2 Å². The monoisotopic (exact) mass is 500 g/mol. The molecule has 7 heteroatoms. The lowest BCUT2D eigenvalue weighted by Crippen LogP contribution is -2.24. The Morgan fingerprint density at radius 1 is 0.722 bits per heavy atom. The normalized spacial score (nSPS) is 10.7. The van der Waals surface area contributed by atoms with Crippen LogP contribution in [0.2, 0.25) is 5.02 Å². The van der Waals surface area contributed by atoms with E-state index in [1.54, 1.807) is 30.5 Å². The molecule has 0 saturated heterocycles. The number of hydrogen-bond acceptors (Lipinski definition) is 5. The van der Waals surface area contributed by atoms with Crippen LogP contribution in [-0.2, 0) is 18.0 Å². The molecule has 0 heterocycles. The minimum atomic E-state index is -0.370. The fourth-order valence-electron chi connectivity index (χ4n) is 3.16. The lowest BCUT2D eigenvalue weighted by molar-refractivity contribution is -0.123. The molecule has 0 aliphatic rings. The Labute approximate surface area is 215 Å². The SMILES string of the molecule is O=C(COc1ccc(OCc2ccccc2)cc1)N/N=C/c1cccc(OCc2ccc(Cl)cc2)c1. The second kappa shape index (κ2) is 13.0. The zero-order valence-corrected chi connectivity index (χ0v) is 20.2. The number of carbonyl (C=O) groups excluding carboxylic acids is 1. The fourth-order valence-corrected chi connectivity index (χ4v) is 3.29. The molecule has 0 spiro atoms. The summed E-state index contributed by atoms with van der Waals surface area (Å²) in [5.74, 6) is 1.61. The Hall–Kier alpha value is -4.29. The van der Waals surface area contributed by atoms with Gasteiger partial charge >= 0.3 is 0 Å². The number of amides is 1. The summed E-state index contributed by atoms with van der Waals surface area (Å²) >= 11 is 5.91. The molecule has 0 atom stereocenters. The molecule has 0 fully saturated rings. The minimum absolute atomic E-state index is 0.161. The van der Waals surface area contributed by atoms with Crippen LogP contribution in [-0.4, -0.2) is 18.7 Å². The number of halogens is 1. The van der Waals surface area contributed by atoms with Gasteiger partial charge in [-0.3, -0.25) is 4.79 Å². The van der Waals surface area contributed by atoms with Gasteiger partial charge in [-0.25, -0.2) is 5.43 Å². The van der Waals surface area contributed by atoms with Crippen LogP contribution in [0.25, 0.3) is 0 Å². The number of carbonyl (C=O) groups is 1. The summed E-state index contributed by atoms with van der Waals surface area (Å²) in [7, 11) is 0. The summed E-state index contributed by atoms with van der Waals surface area (Å²) in [6.45, 7) is 0.747. The van der Waals surface area contributed by atoms with Gasteiger partial charge < -0.3 is 14.2 Å². The van der Waals surface area contributed by atoms with Gasteiger partial charge in [-0.1, -0.05) is 66.2 Å². The van der Waals surface area contributed by atoms with Gasteiger partial charge in [-0.2, -0.15) is 5.10 Å². The third kappa shape index (κ3) is 8.18. The molecule has 0 unspecified atom stereocenters. The van der Waals surface area contributed by atoms with Crippen LogP contribution in [0, 0.1) is 0 Å². The van der Waals surface area contributed by atoms with E-state index in [0.717, 1.165) is 22.4 Å². The molecule has 4 aromatic rings. The van der Waals surface area contributed by atoms with E-state index in [-0.39, 0.29) is 12.5 Å². The average Bonchev–Trinajstić information content (AvgIpc) is 2.92. The summed E-state index contributed by atoms with van der Waals surface area (Å²) in [4.78, 5) is 12.1. The van der Waals surface area contributed by atoms with Crippen molar-refractivity contribution in [1.82, 2.24) is 5.43 Å². The van der Waals surface area contributed by atoms with Crippen molar-refractivity contribution in [2.75, 3.05) is 6.61 Å². The molecule has 6 nitrogen and oxygen atoms in total. The van der Waals surface area contributed by atoms with Crippen LogP contribution in [0.4, 0.5) is 0 Å². The predicted octanol–water partition coefficient (Wildman–Crippen LogP) is 6.03. The highest BCUT2D eigenvalue weighted by atomic mass is 35.5. The maximum Gasteiger partial charge on any atom is 0.277 e. The molecule has 0 saturated carbocycles. The van der Waals surface area contributed by atoms with Gasteiger partial charge in [-0.15, -0.1) is 0 Å². The number of benzene rings is 4. The van der Waals surface area contributed by atoms with E-state index in [2.05, 4.69) is 10.5 Å². The van der Waals surface area contributed by atoms with E-state index in [9.17, 15) is 4.79 Å². The second-order valence-electron chi connectivity index (χ2n) is 7.82. The van der Waals surface area contributed by atoms with Crippen molar-refractivity contribution in [1.29, 1.82) is 0 Å². The van der Waals surface area contributed by atoms with Gasteiger partial charge in [0.1, 0.15) is 30.5 Å². The molecule has 0 radical (unpaired) electrons. The maximum absolute atomic E-state index is 12.1. The van der Waals surface area contributed by atoms with Crippen molar-refractivity contribution >= 4 is 23.7 Å². The predicted molar refractivity (Wildman–Crippen MR) is 141 cm³/mol. The number of hydrogen-bond donors (Lipinski definition) is 1. The first kappa shape index (κ1) is 24.8. The maximum atomic E-state index is 12.1. The highest BCUT2D eigenvalue weighted by Gasteiger charge is 2.03. The fraction of sp³-hybridized carbons (Fsp3) is 0.103. The molecule has 0 aliphatic heterocycles. The van der Waals surface area contributed by atoms with Gasteiger partial charge in [0, 0.05) is 5.02 Å². The number of nitrogens with one attached hydrogen (secondary N) is 1. The van der Waals surface area contributed by atoms with E-state index in [4.69, 9.17) is 25.8 Å². The van der Waals surface area contributed by atoms with Crippen molar-refractivity contribution in [2.24, 2.45) is 5.10 Å². The molecule has 4 aromatic carbocycles.